The van der Waals surface area contributed by atoms with Crippen molar-refractivity contribution in [1.29, 1.82) is 0 Å². The van der Waals surface area contributed by atoms with Crippen LogP contribution in [0.1, 0.15) is 16.6 Å². The fraction of sp³-hybridized carbons (Fsp3) is 0.545. The zero-order valence-electron chi connectivity index (χ0n) is 10.9. The quantitative estimate of drug-likeness (QED) is 0.855. The first-order valence-electron chi connectivity index (χ1n) is 5.33. The number of thiophene rings is 1. The molecule has 4 nitrogen and oxygen atoms in total. The van der Waals surface area contributed by atoms with E-state index in [4.69, 9.17) is 5.73 Å². The summed E-state index contributed by atoms with van der Waals surface area (Å²) in [5, 5.41) is 1.07. The number of hydrogen-bond acceptors (Lipinski definition) is 5. The van der Waals surface area contributed by atoms with Gasteiger partial charge in [-0.1, -0.05) is 0 Å². The maximum Gasteiger partial charge on any atom is 0.265 e. The van der Waals surface area contributed by atoms with Crippen LogP contribution in [0.15, 0.2) is 4.90 Å². The SMILES string of the molecule is CCN(C)c1sc(C(=O)N(C)C)c(N)c1SC. The van der Waals surface area contributed by atoms with Crippen molar-refractivity contribution in [3.05, 3.63) is 4.88 Å². The molecule has 1 rings (SSSR count). The predicted octanol–water partition coefficient (Wildman–Crippen LogP) is 2.21. The highest BCUT2D eigenvalue weighted by Crippen LogP contribution is 2.43. The van der Waals surface area contributed by atoms with E-state index >= 15 is 0 Å². The van der Waals surface area contributed by atoms with Gasteiger partial charge in [0.2, 0.25) is 0 Å². The molecule has 1 heterocycles. The van der Waals surface area contributed by atoms with Crippen LogP contribution in [0.5, 0.6) is 0 Å². The van der Waals surface area contributed by atoms with E-state index in [0.717, 1.165) is 16.4 Å². The van der Waals surface area contributed by atoms with Crippen molar-refractivity contribution in [2.45, 2.75) is 11.8 Å². The molecule has 0 aliphatic rings. The molecule has 0 aliphatic carbocycles. The molecule has 17 heavy (non-hydrogen) atoms. The van der Waals surface area contributed by atoms with Crippen molar-refractivity contribution in [1.82, 2.24) is 4.90 Å². The Morgan fingerprint density at radius 1 is 1.41 bits per heavy atom. The molecule has 2 N–H and O–H groups in total. The maximum atomic E-state index is 12.0. The number of nitrogens with zero attached hydrogens (tertiary/aromatic N) is 2. The molecule has 1 aromatic heterocycles. The largest absolute Gasteiger partial charge is 0.396 e. The third-order valence-corrected chi connectivity index (χ3v) is 4.77. The summed E-state index contributed by atoms with van der Waals surface area (Å²) < 4.78 is 0. The molecule has 6 heteroatoms. The fourth-order valence-corrected chi connectivity index (χ4v) is 3.63. The van der Waals surface area contributed by atoms with Crippen molar-refractivity contribution >= 4 is 39.7 Å². The molecule has 1 aromatic rings. The molecule has 0 saturated heterocycles. The molecular formula is C11H19N3OS2. The number of nitrogen functional groups attached to an aromatic ring is 1. The van der Waals surface area contributed by atoms with Crippen molar-refractivity contribution in [3.63, 3.8) is 0 Å². The monoisotopic (exact) mass is 273 g/mol. The van der Waals surface area contributed by atoms with Gasteiger partial charge < -0.3 is 15.5 Å². The Hall–Kier alpha value is -0.880. The highest BCUT2D eigenvalue weighted by atomic mass is 32.2. The second-order valence-electron chi connectivity index (χ2n) is 3.90. The molecular weight excluding hydrogens is 254 g/mol. The molecule has 0 bridgehead atoms. The Morgan fingerprint density at radius 2 is 2.00 bits per heavy atom. The highest BCUT2D eigenvalue weighted by Gasteiger charge is 2.23. The zero-order valence-corrected chi connectivity index (χ0v) is 12.5. The van der Waals surface area contributed by atoms with Crippen LogP contribution in [0.4, 0.5) is 10.7 Å². The summed E-state index contributed by atoms with van der Waals surface area (Å²) in [4.78, 5) is 17.3. The Kier molecular flexibility index (Phi) is 4.70. The summed E-state index contributed by atoms with van der Waals surface area (Å²) in [5.74, 6) is -0.0291. The number of amides is 1. The molecule has 0 atom stereocenters. The van der Waals surface area contributed by atoms with E-state index in [9.17, 15) is 4.79 Å². The van der Waals surface area contributed by atoms with E-state index in [-0.39, 0.29) is 5.91 Å². The first-order chi connectivity index (χ1) is 7.93. The lowest BCUT2D eigenvalue weighted by Gasteiger charge is -2.15. The highest BCUT2D eigenvalue weighted by molar-refractivity contribution is 7.99. The van der Waals surface area contributed by atoms with Gasteiger partial charge in [-0.15, -0.1) is 23.1 Å². The molecule has 0 spiro atoms. The van der Waals surface area contributed by atoms with Crippen LogP contribution in [0.25, 0.3) is 0 Å². The molecule has 1 amide bonds. The fourth-order valence-electron chi connectivity index (χ4n) is 1.37. The standard InChI is InChI=1S/C11H19N3OS2/c1-6-14(4)11-9(16-5)7(12)8(17-11)10(15)13(2)3/h6,12H2,1-5H3. The Morgan fingerprint density at radius 3 is 2.41 bits per heavy atom. The third kappa shape index (κ3) is 2.69. The molecule has 0 radical (unpaired) electrons. The average molecular weight is 273 g/mol. The van der Waals surface area contributed by atoms with Crippen LogP contribution in [-0.2, 0) is 0 Å². The van der Waals surface area contributed by atoms with Crippen molar-refractivity contribution in [3.8, 4) is 0 Å². The van der Waals surface area contributed by atoms with Gasteiger partial charge in [-0.2, -0.15) is 0 Å². The normalized spacial score (nSPS) is 10.4. The summed E-state index contributed by atoms with van der Waals surface area (Å²) in [6.45, 7) is 2.97. The minimum Gasteiger partial charge on any atom is -0.396 e. The van der Waals surface area contributed by atoms with Gasteiger partial charge in [0.05, 0.1) is 10.6 Å². The van der Waals surface area contributed by atoms with E-state index in [1.807, 2.05) is 13.3 Å². The predicted molar refractivity (Wildman–Crippen MR) is 77.5 cm³/mol. The number of thioether (sulfide) groups is 1. The van der Waals surface area contributed by atoms with Gasteiger partial charge in [0.1, 0.15) is 9.88 Å². The Labute approximate surface area is 111 Å². The van der Waals surface area contributed by atoms with E-state index in [1.54, 1.807) is 30.8 Å². The third-order valence-electron chi connectivity index (χ3n) is 2.51. The Bertz CT molecular complexity index is 415. The van der Waals surface area contributed by atoms with Crippen LogP contribution < -0.4 is 10.6 Å². The topological polar surface area (TPSA) is 49.6 Å². The molecule has 0 unspecified atom stereocenters. The summed E-state index contributed by atoms with van der Waals surface area (Å²) in [5.41, 5.74) is 6.67. The van der Waals surface area contributed by atoms with Gasteiger partial charge in [0.15, 0.2) is 0 Å². The van der Waals surface area contributed by atoms with E-state index in [1.165, 1.54) is 11.3 Å². The van der Waals surface area contributed by atoms with Gasteiger partial charge in [0.25, 0.3) is 5.91 Å². The van der Waals surface area contributed by atoms with Crippen LogP contribution in [0.2, 0.25) is 0 Å². The molecule has 0 aliphatic heterocycles. The first-order valence-corrected chi connectivity index (χ1v) is 7.37. The second kappa shape index (κ2) is 5.64. The lowest BCUT2D eigenvalue weighted by molar-refractivity contribution is 0.0833. The van der Waals surface area contributed by atoms with Gasteiger partial charge in [-0.3, -0.25) is 4.79 Å². The number of rotatable bonds is 4. The number of nitrogens with two attached hydrogens (primary N) is 1. The van der Waals surface area contributed by atoms with E-state index < -0.39 is 0 Å². The van der Waals surface area contributed by atoms with Gasteiger partial charge in [0, 0.05) is 27.7 Å². The average Bonchev–Trinajstić information content (AvgIpc) is 2.64. The molecule has 0 fully saturated rings. The van der Waals surface area contributed by atoms with Gasteiger partial charge >= 0.3 is 0 Å². The maximum absolute atomic E-state index is 12.0. The summed E-state index contributed by atoms with van der Waals surface area (Å²) in [6.07, 6.45) is 1.98. The number of anilines is 2. The number of carbonyl (C=O) groups excluding carboxylic acids is 1. The van der Waals surface area contributed by atoms with Gasteiger partial charge in [-0.05, 0) is 13.2 Å². The smallest absolute Gasteiger partial charge is 0.265 e. The minimum absolute atomic E-state index is 0.0291. The van der Waals surface area contributed by atoms with Crippen molar-refractivity contribution < 1.29 is 4.79 Å². The molecule has 0 saturated carbocycles. The van der Waals surface area contributed by atoms with Crippen molar-refractivity contribution in [2.24, 2.45) is 0 Å². The van der Waals surface area contributed by atoms with E-state index in [2.05, 4.69) is 11.8 Å². The lowest BCUT2D eigenvalue weighted by Crippen LogP contribution is -2.21. The van der Waals surface area contributed by atoms with E-state index in [0.29, 0.717) is 10.6 Å². The van der Waals surface area contributed by atoms with Crippen LogP contribution >= 0.6 is 23.1 Å². The first kappa shape index (κ1) is 14.2. The second-order valence-corrected chi connectivity index (χ2v) is 5.71. The van der Waals surface area contributed by atoms with Crippen LogP contribution in [0.3, 0.4) is 0 Å². The van der Waals surface area contributed by atoms with Crippen LogP contribution in [-0.4, -0.2) is 44.8 Å². The van der Waals surface area contributed by atoms with Crippen LogP contribution in [0, 0.1) is 0 Å². The van der Waals surface area contributed by atoms with Gasteiger partial charge in [-0.25, -0.2) is 0 Å². The number of hydrogen-bond donors (Lipinski definition) is 1. The summed E-state index contributed by atoms with van der Waals surface area (Å²) >= 11 is 3.06. The number of carbonyl (C=O) groups is 1. The Balaban J connectivity index is 3.27. The molecule has 96 valence electrons. The summed E-state index contributed by atoms with van der Waals surface area (Å²) in [6, 6.07) is 0. The van der Waals surface area contributed by atoms with Crippen molar-refractivity contribution in [2.75, 3.05) is 44.6 Å². The zero-order chi connectivity index (χ0) is 13.2. The molecule has 0 aromatic carbocycles. The lowest BCUT2D eigenvalue weighted by atomic mass is 10.3. The summed E-state index contributed by atoms with van der Waals surface area (Å²) in [7, 11) is 5.49. The minimum atomic E-state index is -0.0291.